The number of nitro groups is 1. The van der Waals surface area contributed by atoms with E-state index < -0.39 is 4.92 Å². The molecule has 1 aromatic rings. The molecule has 2 aliphatic heterocycles. The Hall–Kier alpha value is -2.15. The van der Waals surface area contributed by atoms with Crippen molar-refractivity contribution < 1.29 is 14.5 Å². The van der Waals surface area contributed by atoms with E-state index in [2.05, 4.69) is 10.2 Å². The van der Waals surface area contributed by atoms with E-state index in [-0.39, 0.29) is 23.4 Å². The first-order valence-electron chi connectivity index (χ1n) is 7.97. The number of carbonyl (C=O) groups is 1. The molecule has 2 atom stereocenters. The van der Waals surface area contributed by atoms with Crippen molar-refractivity contribution in [1.29, 1.82) is 0 Å². The van der Waals surface area contributed by atoms with Crippen LogP contribution in [-0.4, -0.2) is 48.0 Å². The molecule has 0 spiro atoms. The summed E-state index contributed by atoms with van der Waals surface area (Å²) in [5.41, 5.74) is 0.109. The summed E-state index contributed by atoms with van der Waals surface area (Å²) >= 11 is 0. The number of nitrogens with zero attached hydrogens (tertiary/aromatic N) is 2. The predicted octanol–water partition coefficient (Wildman–Crippen LogP) is 1.96. The van der Waals surface area contributed by atoms with E-state index >= 15 is 0 Å². The van der Waals surface area contributed by atoms with Gasteiger partial charge in [-0.3, -0.25) is 19.8 Å². The first-order chi connectivity index (χ1) is 11.1. The van der Waals surface area contributed by atoms with E-state index in [1.165, 1.54) is 32.1 Å². The number of rotatable bonds is 4. The van der Waals surface area contributed by atoms with Gasteiger partial charge >= 0.3 is 5.69 Å². The van der Waals surface area contributed by atoms with E-state index in [1.54, 1.807) is 6.07 Å². The van der Waals surface area contributed by atoms with Gasteiger partial charge in [-0.2, -0.15) is 0 Å². The molecule has 0 radical (unpaired) electrons. The molecule has 1 N–H and O–H groups in total. The molecule has 0 aromatic heterocycles. The maximum Gasteiger partial charge on any atom is 0.311 e. The summed E-state index contributed by atoms with van der Waals surface area (Å²) in [6.45, 7) is 2.11. The number of carbonyl (C=O) groups excluding carboxylic acids is 1. The minimum atomic E-state index is -0.534. The first-order valence-corrected chi connectivity index (χ1v) is 7.97. The fourth-order valence-electron chi connectivity index (χ4n) is 3.64. The number of hydrogen-bond acceptors (Lipinski definition) is 5. The van der Waals surface area contributed by atoms with E-state index in [9.17, 15) is 14.9 Å². The molecule has 2 aliphatic rings. The van der Waals surface area contributed by atoms with Gasteiger partial charge < -0.3 is 10.1 Å². The maximum atomic E-state index is 12.5. The Morgan fingerprint density at radius 2 is 2.17 bits per heavy atom. The summed E-state index contributed by atoms with van der Waals surface area (Å²) in [5, 5.41) is 14.1. The first kappa shape index (κ1) is 15.7. The van der Waals surface area contributed by atoms with Gasteiger partial charge in [0, 0.05) is 30.3 Å². The van der Waals surface area contributed by atoms with Crippen molar-refractivity contribution in [1.82, 2.24) is 10.2 Å². The second-order valence-corrected chi connectivity index (χ2v) is 6.11. The average molecular weight is 319 g/mol. The van der Waals surface area contributed by atoms with Crippen LogP contribution in [0.2, 0.25) is 0 Å². The quantitative estimate of drug-likeness (QED) is 0.677. The van der Waals surface area contributed by atoms with Gasteiger partial charge in [-0.1, -0.05) is 6.42 Å². The van der Waals surface area contributed by atoms with Crippen molar-refractivity contribution in [3.63, 3.8) is 0 Å². The van der Waals surface area contributed by atoms with Gasteiger partial charge in [-0.05, 0) is 37.9 Å². The van der Waals surface area contributed by atoms with Gasteiger partial charge in [0.05, 0.1) is 12.0 Å². The number of fused-ring (bicyclic) bond motifs is 1. The Morgan fingerprint density at radius 3 is 2.91 bits per heavy atom. The lowest BCUT2D eigenvalue weighted by Gasteiger charge is -2.32. The van der Waals surface area contributed by atoms with E-state index in [0.717, 1.165) is 25.9 Å². The van der Waals surface area contributed by atoms with Crippen LogP contribution in [0.4, 0.5) is 5.69 Å². The lowest BCUT2D eigenvalue weighted by Crippen LogP contribution is -2.46. The molecule has 1 amide bonds. The van der Waals surface area contributed by atoms with Crippen molar-refractivity contribution in [2.24, 2.45) is 0 Å². The van der Waals surface area contributed by atoms with Gasteiger partial charge in [-0.25, -0.2) is 0 Å². The van der Waals surface area contributed by atoms with Gasteiger partial charge in [0.1, 0.15) is 0 Å². The van der Waals surface area contributed by atoms with Crippen LogP contribution in [0.1, 0.15) is 36.0 Å². The van der Waals surface area contributed by atoms with Crippen molar-refractivity contribution in [3.05, 3.63) is 33.9 Å². The van der Waals surface area contributed by atoms with Gasteiger partial charge in [0.15, 0.2) is 5.75 Å². The van der Waals surface area contributed by atoms with Crippen molar-refractivity contribution >= 4 is 11.6 Å². The number of nitrogens with one attached hydrogen (secondary N) is 1. The Balaban J connectivity index is 1.73. The molecule has 7 nitrogen and oxygen atoms in total. The lowest BCUT2D eigenvalue weighted by molar-refractivity contribution is -0.385. The molecule has 3 rings (SSSR count). The third-order valence-electron chi connectivity index (χ3n) is 4.81. The van der Waals surface area contributed by atoms with Crippen LogP contribution in [-0.2, 0) is 0 Å². The molecule has 0 bridgehead atoms. The second kappa shape index (κ2) is 6.54. The molecule has 23 heavy (non-hydrogen) atoms. The molecule has 7 heteroatoms. The third-order valence-corrected chi connectivity index (χ3v) is 4.81. The Labute approximate surface area is 134 Å². The summed E-state index contributed by atoms with van der Waals surface area (Å²) in [6, 6.07) is 4.84. The van der Waals surface area contributed by atoms with Crippen LogP contribution < -0.4 is 10.1 Å². The van der Waals surface area contributed by atoms with Crippen molar-refractivity contribution in [2.45, 2.75) is 37.8 Å². The molecule has 2 heterocycles. The van der Waals surface area contributed by atoms with Crippen LogP contribution in [0.15, 0.2) is 18.2 Å². The molecule has 0 aliphatic carbocycles. The number of nitro benzene ring substituents is 1. The highest BCUT2D eigenvalue weighted by atomic mass is 16.6. The highest BCUT2D eigenvalue weighted by molar-refractivity contribution is 5.95. The van der Waals surface area contributed by atoms with E-state index in [1.807, 2.05) is 0 Å². The molecule has 2 saturated heterocycles. The largest absolute Gasteiger partial charge is 0.490 e. The molecular formula is C16H21N3O4. The van der Waals surface area contributed by atoms with Crippen LogP contribution in [0.5, 0.6) is 5.75 Å². The standard InChI is InChI=1S/C16H21N3O4/c1-23-15-6-5-11(10-14(15)19(21)22)16(20)17-12-7-9-18-8-3-2-4-13(12)18/h5-6,10,12-13H,2-4,7-9H2,1H3,(H,17,20)/t12-,13-/m1/s1. The smallest absolute Gasteiger partial charge is 0.311 e. The molecule has 0 unspecified atom stereocenters. The third kappa shape index (κ3) is 3.14. The topological polar surface area (TPSA) is 84.7 Å². The van der Waals surface area contributed by atoms with Gasteiger partial charge in [-0.15, -0.1) is 0 Å². The summed E-state index contributed by atoms with van der Waals surface area (Å²) in [4.78, 5) is 25.4. The van der Waals surface area contributed by atoms with Crippen molar-refractivity contribution in [3.8, 4) is 5.75 Å². The zero-order valence-corrected chi connectivity index (χ0v) is 13.2. The lowest BCUT2D eigenvalue weighted by atomic mass is 9.98. The number of benzene rings is 1. The summed E-state index contributed by atoms with van der Waals surface area (Å²) in [7, 11) is 1.37. The Morgan fingerprint density at radius 1 is 1.35 bits per heavy atom. The zero-order valence-electron chi connectivity index (χ0n) is 13.2. The fourth-order valence-corrected chi connectivity index (χ4v) is 3.64. The minimum absolute atomic E-state index is 0.129. The SMILES string of the molecule is COc1ccc(C(=O)N[C@@H]2CCN3CCCC[C@H]23)cc1[N+](=O)[O-]. The van der Waals surface area contributed by atoms with Crippen LogP contribution >= 0.6 is 0 Å². The molecule has 124 valence electrons. The van der Waals surface area contributed by atoms with Gasteiger partial charge in [0.2, 0.25) is 0 Å². The summed E-state index contributed by atoms with van der Waals surface area (Å²) < 4.78 is 4.97. The monoisotopic (exact) mass is 319 g/mol. The Bertz CT molecular complexity index is 619. The van der Waals surface area contributed by atoms with Crippen LogP contribution in [0.3, 0.4) is 0 Å². The average Bonchev–Trinajstić information content (AvgIpc) is 2.97. The number of piperidine rings is 1. The molecule has 2 fully saturated rings. The predicted molar refractivity (Wildman–Crippen MR) is 84.7 cm³/mol. The highest BCUT2D eigenvalue weighted by Crippen LogP contribution is 2.29. The normalized spacial score (nSPS) is 24.0. The second-order valence-electron chi connectivity index (χ2n) is 6.11. The number of amides is 1. The fraction of sp³-hybridized carbons (Fsp3) is 0.562. The number of methoxy groups -OCH3 is 1. The van der Waals surface area contributed by atoms with Crippen LogP contribution in [0, 0.1) is 10.1 Å². The Kier molecular flexibility index (Phi) is 4.47. The number of ether oxygens (including phenoxy) is 1. The van der Waals surface area contributed by atoms with Gasteiger partial charge in [0.25, 0.3) is 5.91 Å². The van der Waals surface area contributed by atoms with Crippen molar-refractivity contribution in [2.75, 3.05) is 20.2 Å². The maximum absolute atomic E-state index is 12.5. The zero-order chi connectivity index (χ0) is 16.4. The molecular weight excluding hydrogens is 298 g/mol. The summed E-state index contributed by atoms with van der Waals surface area (Å²) in [6.07, 6.45) is 4.46. The summed E-state index contributed by atoms with van der Waals surface area (Å²) in [5.74, 6) is -0.0981. The van der Waals surface area contributed by atoms with E-state index in [4.69, 9.17) is 4.74 Å². The van der Waals surface area contributed by atoms with Crippen LogP contribution in [0.25, 0.3) is 0 Å². The van der Waals surface area contributed by atoms with E-state index in [0.29, 0.717) is 11.6 Å². The molecule has 1 aromatic carbocycles. The molecule has 0 saturated carbocycles. The highest BCUT2D eigenvalue weighted by Gasteiger charge is 2.36. The number of hydrogen-bond donors (Lipinski definition) is 1. The minimum Gasteiger partial charge on any atom is -0.490 e.